The van der Waals surface area contributed by atoms with Gasteiger partial charge in [0.1, 0.15) is 0 Å². The van der Waals surface area contributed by atoms with Gasteiger partial charge in [-0.1, -0.05) is 6.07 Å². The summed E-state index contributed by atoms with van der Waals surface area (Å²) in [5, 5.41) is 7.29. The minimum absolute atomic E-state index is 0. The van der Waals surface area contributed by atoms with E-state index in [4.69, 9.17) is 4.74 Å². The van der Waals surface area contributed by atoms with Gasteiger partial charge in [0.15, 0.2) is 0 Å². The van der Waals surface area contributed by atoms with E-state index in [1.165, 1.54) is 48.6 Å². The van der Waals surface area contributed by atoms with E-state index in [0.29, 0.717) is 6.04 Å². The summed E-state index contributed by atoms with van der Waals surface area (Å²) in [7, 11) is 2.22. The summed E-state index contributed by atoms with van der Waals surface area (Å²) in [6.07, 6.45) is 2.26. The Balaban J connectivity index is 0.00000182. The Hall–Kier alpha value is -0.850. The Bertz CT molecular complexity index is 569. The quantitative estimate of drug-likeness (QED) is 0.848. The van der Waals surface area contributed by atoms with Crippen LogP contribution in [0.25, 0.3) is 0 Å². The number of hydrogen-bond acceptors (Lipinski definition) is 5. The fourth-order valence-corrected chi connectivity index (χ4v) is 4.02. The number of nitrogens with zero attached hydrogens (tertiary/aromatic N) is 2. The molecule has 3 aliphatic heterocycles. The normalized spacial score (nSPS) is 24.6. The van der Waals surface area contributed by atoms with Crippen LogP contribution in [0.5, 0.6) is 0 Å². The Morgan fingerprint density at radius 2 is 2.08 bits per heavy atom. The number of anilines is 1. The third-order valence-electron chi connectivity index (χ3n) is 5.57. The van der Waals surface area contributed by atoms with Crippen molar-refractivity contribution < 1.29 is 4.74 Å². The predicted octanol–water partition coefficient (Wildman–Crippen LogP) is 1.70. The van der Waals surface area contributed by atoms with Crippen LogP contribution in [0.2, 0.25) is 0 Å². The van der Waals surface area contributed by atoms with Crippen LogP contribution >= 0.6 is 12.4 Å². The summed E-state index contributed by atoms with van der Waals surface area (Å²) < 4.78 is 5.54. The van der Waals surface area contributed by atoms with Gasteiger partial charge in [0.05, 0.1) is 12.6 Å². The molecule has 0 amide bonds. The van der Waals surface area contributed by atoms with Crippen molar-refractivity contribution in [2.45, 2.75) is 32.0 Å². The lowest BCUT2D eigenvalue weighted by Gasteiger charge is -2.33. The molecule has 0 saturated carbocycles. The van der Waals surface area contributed by atoms with Crippen LogP contribution < -0.4 is 10.6 Å². The number of nitrogens with one attached hydrogen (secondary N) is 2. The molecule has 0 bridgehead atoms. The molecule has 1 aromatic carbocycles. The molecule has 25 heavy (non-hydrogen) atoms. The van der Waals surface area contributed by atoms with Crippen molar-refractivity contribution in [1.82, 2.24) is 15.1 Å². The van der Waals surface area contributed by atoms with E-state index in [1.807, 2.05) is 0 Å². The van der Waals surface area contributed by atoms with Gasteiger partial charge < -0.3 is 20.3 Å². The van der Waals surface area contributed by atoms with Gasteiger partial charge in [0.2, 0.25) is 0 Å². The number of halogens is 1. The zero-order valence-corrected chi connectivity index (χ0v) is 16.0. The number of hydrogen-bond donors (Lipinski definition) is 2. The van der Waals surface area contributed by atoms with Gasteiger partial charge in [-0.25, -0.2) is 0 Å². The van der Waals surface area contributed by atoms with Gasteiger partial charge in [0.25, 0.3) is 0 Å². The molecule has 0 spiro atoms. The fraction of sp³-hybridized carbons (Fsp3) is 0.684. The van der Waals surface area contributed by atoms with Crippen molar-refractivity contribution in [3.8, 4) is 0 Å². The van der Waals surface area contributed by atoms with Crippen molar-refractivity contribution in [1.29, 1.82) is 0 Å². The Kier molecular flexibility index (Phi) is 6.58. The highest BCUT2D eigenvalue weighted by Gasteiger charge is 2.21. The predicted molar refractivity (Wildman–Crippen MR) is 105 cm³/mol. The molecule has 6 heteroatoms. The minimum Gasteiger partial charge on any atom is -0.380 e. The second-order valence-corrected chi connectivity index (χ2v) is 7.49. The van der Waals surface area contributed by atoms with Crippen molar-refractivity contribution in [2.24, 2.45) is 0 Å². The first kappa shape index (κ1) is 18.9. The number of ether oxygens (including phenoxy) is 1. The van der Waals surface area contributed by atoms with Crippen LogP contribution in [0.3, 0.4) is 0 Å². The van der Waals surface area contributed by atoms with Crippen LogP contribution in [0.15, 0.2) is 12.1 Å². The highest BCUT2D eigenvalue weighted by Crippen LogP contribution is 2.28. The summed E-state index contributed by atoms with van der Waals surface area (Å²) in [4.78, 5) is 5.01. The second kappa shape index (κ2) is 8.69. The van der Waals surface area contributed by atoms with E-state index in [0.717, 1.165) is 45.7 Å². The zero-order valence-electron chi connectivity index (χ0n) is 15.2. The number of benzene rings is 1. The minimum atomic E-state index is 0. The van der Waals surface area contributed by atoms with E-state index in [1.54, 1.807) is 0 Å². The SMILES string of the molecule is CN1CCN(Cc2cc3c(c(N[C@@H]4CCOC4)c2)CNCC3)CC1.Cl. The summed E-state index contributed by atoms with van der Waals surface area (Å²) >= 11 is 0. The molecule has 1 atom stereocenters. The Labute approximate surface area is 157 Å². The van der Waals surface area contributed by atoms with E-state index in [2.05, 4.69) is 39.6 Å². The van der Waals surface area contributed by atoms with E-state index >= 15 is 0 Å². The van der Waals surface area contributed by atoms with Crippen LogP contribution in [0.1, 0.15) is 23.1 Å². The summed E-state index contributed by atoms with van der Waals surface area (Å²) in [6, 6.07) is 5.31. The van der Waals surface area contributed by atoms with E-state index in [9.17, 15) is 0 Å². The zero-order chi connectivity index (χ0) is 16.4. The molecule has 2 fully saturated rings. The molecule has 5 nitrogen and oxygen atoms in total. The van der Waals surface area contributed by atoms with Crippen LogP contribution in [-0.4, -0.2) is 68.8 Å². The average molecular weight is 367 g/mol. The maximum absolute atomic E-state index is 5.54. The monoisotopic (exact) mass is 366 g/mol. The first-order chi connectivity index (χ1) is 11.8. The Morgan fingerprint density at radius 1 is 1.24 bits per heavy atom. The number of fused-ring (bicyclic) bond motifs is 1. The summed E-state index contributed by atoms with van der Waals surface area (Å²) in [6.45, 7) is 9.59. The second-order valence-electron chi connectivity index (χ2n) is 7.49. The van der Waals surface area contributed by atoms with Gasteiger partial charge in [-0.2, -0.15) is 0 Å². The van der Waals surface area contributed by atoms with Gasteiger partial charge >= 0.3 is 0 Å². The molecule has 0 radical (unpaired) electrons. The van der Waals surface area contributed by atoms with Crippen LogP contribution in [-0.2, 0) is 24.2 Å². The van der Waals surface area contributed by atoms with E-state index < -0.39 is 0 Å². The lowest BCUT2D eigenvalue weighted by molar-refractivity contribution is 0.148. The molecule has 3 aliphatic rings. The van der Waals surface area contributed by atoms with Crippen LogP contribution in [0.4, 0.5) is 5.69 Å². The maximum Gasteiger partial charge on any atom is 0.0668 e. The van der Waals surface area contributed by atoms with Crippen LogP contribution in [0, 0.1) is 0 Å². The van der Waals surface area contributed by atoms with Gasteiger partial charge in [-0.3, -0.25) is 4.90 Å². The van der Waals surface area contributed by atoms with E-state index in [-0.39, 0.29) is 12.4 Å². The van der Waals surface area contributed by atoms with Crippen molar-refractivity contribution in [3.05, 3.63) is 28.8 Å². The lowest BCUT2D eigenvalue weighted by atomic mass is 9.95. The van der Waals surface area contributed by atoms with Gasteiger partial charge in [-0.15, -0.1) is 12.4 Å². The maximum atomic E-state index is 5.54. The largest absolute Gasteiger partial charge is 0.380 e. The number of rotatable bonds is 4. The fourth-order valence-electron chi connectivity index (χ4n) is 4.02. The first-order valence-corrected chi connectivity index (χ1v) is 9.38. The third kappa shape index (κ3) is 4.66. The molecule has 0 unspecified atom stereocenters. The molecule has 3 heterocycles. The molecule has 2 saturated heterocycles. The highest BCUT2D eigenvalue weighted by molar-refractivity contribution is 5.85. The first-order valence-electron chi connectivity index (χ1n) is 9.38. The Morgan fingerprint density at radius 3 is 2.84 bits per heavy atom. The molecule has 2 N–H and O–H groups in total. The van der Waals surface area contributed by atoms with Crippen molar-refractivity contribution in [3.63, 3.8) is 0 Å². The summed E-state index contributed by atoms with van der Waals surface area (Å²) in [5.41, 5.74) is 5.79. The third-order valence-corrected chi connectivity index (χ3v) is 5.57. The smallest absolute Gasteiger partial charge is 0.0668 e. The van der Waals surface area contributed by atoms with Crippen molar-refractivity contribution in [2.75, 3.05) is 58.3 Å². The summed E-state index contributed by atoms with van der Waals surface area (Å²) in [5.74, 6) is 0. The average Bonchev–Trinajstić information content (AvgIpc) is 3.10. The number of piperazine rings is 1. The number of likely N-dealkylation sites (N-methyl/N-ethyl adjacent to an activating group) is 1. The van der Waals surface area contributed by atoms with Gasteiger partial charge in [-0.05, 0) is 49.2 Å². The van der Waals surface area contributed by atoms with Gasteiger partial charge in [0, 0.05) is 51.6 Å². The topological polar surface area (TPSA) is 39.8 Å². The molecule has 1 aromatic rings. The molecule has 0 aromatic heterocycles. The van der Waals surface area contributed by atoms with Crippen molar-refractivity contribution >= 4 is 18.1 Å². The highest BCUT2D eigenvalue weighted by atomic mass is 35.5. The molecule has 140 valence electrons. The molecule has 4 rings (SSSR count). The lowest BCUT2D eigenvalue weighted by Crippen LogP contribution is -2.43. The standard InChI is InChI=1S/C19H30N4O.ClH/c1-22-5-7-23(8-6-22)13-15-10-16-2-4-20-12-18(16)19(11-15)21-17-3-9-24-14-17;/h10-11,17,20-21H,2-9,12-14H2,1H3;1H/t17-;/m1./s1. The molecular formula is C19H31ClN4O. The molecule has 0 aliphatic carbocycles. The molecular weight excluding hydrogens is 336 g/mol.